The summed E-state index contributed by atoms with van der Waals surface area (Å²) in [7, 11) is 1.66. The van der Waals surface area contributed by atoms with E-state index in [2.05, 4.69) is 5.32 Å². The van der Waals surface area contributed by atoms with E-state index >= 15 is 0 Å². The number of carbonyl (C=O) groups is 2. The summed E-state index contributed by atoms with van der Waals surface area (Å²) in [6.45, 7) is 7.19. The molecule has 1 saturated carbocycles. The maximum absolute atomic E-state index is 12.9. The van der Waals surface area contributed by atoms with E-state index in [1.807, 2.05) is 49.9 Å². The molecule has 1 aromatic rings. The minimum atomic E-state index is -0.361. The van der Waals surface area contributed by atoms with Gasteiger partial charge in [0.2, 0.25) is 11.8 Å². The summed E-state index contributed by atoms with van der Waals surface area (Å²) in [5.41, 5.74) is 0.785. The zero-order valence-electron chi connectivity index (χ0n) is 17.0. The van der Waals surface area contributed by atoms with Gasteiger partial charge in [0.1, 0.15) is 5.75 Å². The van der Waals surface area contributed by atoms with Crippen molar-refractivity contribution in [3.05, 3.63) is 29.8 Å². The number of hydrogen-bond acceptors (Lipinski definition) is 3. The molecule has 1 aliphatic heterocycles. The number of nitrogens with one attached hydrogen (secondary N) is 1. The molecular formula is C22H32N2O3. The van der Waals surface area contributed by atoms with Crippen LogP contribution in [0.1, 0.15) is 58.1 Å². The fourth-order valence-electron chi connectivity index (χ4n) is 3.80. The predicted octanol–water partition coefficient (Wildman–Crippen LogP) is 3.55. The van der Waals surface area contributed by atoms with Crippen molar-refractivity contribution in [1.29, 1.82) is 0 Å². The van der Waals surface area contributed by atoms with Crippen molar-refractivity contribution >= 4 is 11.8 Å². The summed E-state index contributed by atoms with van der Waals surface area (Å²) in [5, 5.41) is 3.29. The lowest BCUT2D eigenvalue weighted by Gasteiger charge is -2.35. The van der Waals surface area contributed by atoms with Gasteiger partial charge in [0.15, 0.2) is 0 Å². The Hall–Kier alpha value is -2.04. The highest BCUT2D eigenvalue weighted by Gasteiger charge is 2.36. The number of piperidine rings is 1. The Kier molecular flexibility index (Phi) is 5.78. The Bertz CT molecular complexity index is 666. The smallest absolute Gasteiger partial charge is 0.227 e. The number of amides is 2. The number of likely N-dealkylation sites (tertiary alicyclic amines) is 1. The average Bonchev–Trinajstić information content (AvgIpc) is 3.50. The largest absolute Gasteiger partial charge is 0.497 e. The van der Waals surface area contributed by atoms with Gasteiger partial charge in [0.25, 0.3) is 0 Å². The number of rotatable bonds is 5. The van der Waals surface area contributed by atoms with E-state index in [0.29, 0.717) is 19.0 Å². The summed E-state index contributed by atoms with van der Waals surface area (Å²) in [5.74, 6) is 1.66. The van der Waals surface area contributed by atoms with Crippen LogP contribution in [0, 0.1) is 17.3 Å². The van der Waals surface area contributed by atoms with Crippen molar-refractivity contribution in [3.63, 3.8) is 0 Å². The first-order valence-corrected chi connectivity index (χ1v) is 10.0. The van der Waals surface area contributed by atoms with Gasteiger partial charge in [0.05, 0.1) is 13.2 Å². The van der Waals surface area contributed by atoms with Gasteiger partial charge in [-0.05, 0) is 49.3 Å². The fraction of sp³-hybridized carbons (Fsp3) is 0.636. The minimum absolute atomic E-state index is 0.00600. The van der Waals surface area contributed by atoms with Crippen molar-refractivity contribution in [1.82, 2.24) is 10.2 Å². The lowest BCUT2D eigenvalue weighted by Crippen LogP contribution is -2.47. The van der Waals surface area contributed by atoms with Gasteiger partial charge in [0, 0.05) is 24.4 Å². The highest BCUT2D eigenvalue weighted by molar-refractivity contribution is 5.83. The number of hydrogen-bond donors (Lipinski definition) is 1. The molecule has 27 heavy (non-hydrogen) atoms. The summed E-state index contributed by atoms with van der Waals surface area (Å²) < 4.78 is 5.23. The van der Waals surface area contributed by atoms with Gasteiger partial charge in [-0.1, -0.05) is 32.9 Å². The molecule has 3 rings (SSSR count). The molecule has 0 radical (unpaired) electrons. The molecule has 1 aromatic carbocycles. The second-order valence-electron chi connectivity index (χ2n) is 8.91. The molecule has 1 atom stereocenters. The fourth-order valence-corrected chi connectivity index (χ4v) is 3.80. The zero-order valence-corrected chi connectivity index (χ0v) is 17.0. The van der Waals surface area contributed by atoms with Crippen LogP contribution in [0.4, 0.5) is 0 Å². The Morgan fingerprint density at radius 1 is 1.07 bits per heavy atom. The maximum Gasteiger partial charge on any atom is 0.227 e. The molecule has 2 amide bonds. The van der Waals surface area contributed by atoms with Gasteiger partial charge in [-0.25, -0.2) is 0 Å². The second kappa shape index (κ2) is 7.91. The first-order valence-electron chi connectivity index (χ1n) is 10.0. The Morgan fingerprint density at radius 3 is 2.15 bits per heavy atom. The zero-order chi connectivity index (χ0) is 19.6. The lowest BCUT2D eigenvalue weighted by atomic mass is 9.90. The molecule has 1 N–H and O–H groups in total. The monoisotopic (exact) mass is 372 g/mol. The van der Waals surface area contributed by atoms with E-state index in [4.69, 9.17) is 4.74 Å². The maximum atomic E-state index is 12.9. The number of ether oxygens (including phenoxy) is 1. The van der Waals surface area contributed by atoms with Crippen LogP contribution in [0.15, 0.2) is 24.3 Å². The second-order valence-corrected chi connectivity index (χ2v) is 8.91. The van der Waals surface area contributed by atoms with Crippen LogP contribution in [-0.4, -0.2) is 36.9 Å². The highest BCUT2D eigenvalue weighted by Crippen LogP contribution is 2.41. The molecular weight excluding hydrogens is 340 g/mol. The van der Waals surface area contributed by atoms with Crippen LogP contribution in [0.25, 0.3) is 0 Å². The summed E-state index contributed by atoms with van der Waals surface area (Å²) in [6, 6.07) is 8.08. The normalized spacial score (nSPS) is 19.5. The summed E-state index contributed by atoms with van der Waals surface area (Å²) in [6.07, 6.45) is 3.81. The quantitative estimate of drug-likeness (QED) is 0.860. The SMILES string of the molecule is COc1ccc(C(NC(=O)C2CCN(C(=O)C(C)(C)C)CC2)C2CC2)cc1. The summed E-state index contributed by atoms with van der Waals surface area (Å²) >= 11 is 0. The van der Waals surface area contributed by atoms with Gasteiger partial charge < -0.3 is 15.0 Å². The van der Waals surface area contributed by atoms with Gasteiger partial charge in [-0.2, -0.15) is 0 Å². The predicted molar refractivity (Wildman–Crippen MR) is 105 cm³/mol. The van der Waals surface area contributed by atoms with Gasteiger partial charge >= 0.3 is 0 Å². The highest BCUT2D eigenvalue weighted by atomic mass is 16.5. The van der Waals surface area contributed by atoms with Crippen molar-refractivity contribution in [2.24, 2.45) is 17.3 Å². The summed E-state index contributed by atoms with van der Waals surface area (Å²) in [4.78, 5) is 27.2. The van der Waals surface area contributed by atoms with E-state index in [0.717, 1.165) is 37.0 Å². The van der Waals surface area contributed by atoms with Crippen LogP contribution in [0.5, 0.6) is 5.75 Å². The van der Waals surface area contributed by atoms with Crippen molar-refractivity contribution < 1.29 is 14.3 Å². The number of nitrogens with zero attached hydrogens (tertiary/aromatic N) is 1. The Balaban J connectivity index is 1.58. The van der Waals surface area contributed by atoms with E-state index < -0.39 is 0 Å². The molecule has 2 aliphatic rings. The Morgan fingerprint density at radius 2 is 1.67 bits per heavy atom. The van der Waals surface area contributed by atoms with E-state index in [9.17, 15) is 9.59 Å². The van der Waals surface area contributed by atoms with Crippen LogP contribution in [0.3, 0.4) is 0 Å². The molecule has 5 nitrogen and oxygen atoms in total. The van der Waals surface area contributed by atoms with Crippen LogP contribution in [0.2, 0.25) is 0 Å². The molecule has 148 valence electrons. The minimum Gasteiger partial charge on any atom is -0.497 e. The Labute approximate surface area is 162 Å². The third kappa shape index (κ3) is 4.82. The number of methoxy groups -OCH3 is 1. The lowest BCUT2D eigenvalue weighted by molar-refractivity contribution is -0.142. The molecule has 1 unspecified atom stereocenters. The third-order valence-electron chi connectivity index (χ3n) is 5.66. The van der Waals surface area contributed by atoms with E-state index in [1.165, 1.54) is 0 Å². The van der Waals surface area contributed by atoms with Gasteiger partial charge in [-0.3, -0.25) is 9.59 Å². The van der Waals surface area contributed by atoms with Gasteiger partial charge in [-0.15, -0.1) is 0 Å². The molecule has 1 saturated heterocycles. The van der Waals surface area contributed by atoms with Crippen LogP contribution < -0.4 is 10.1 Å². The third-order valence-corrected chi connectivity index (χ3v) is 5.66. The first-order chi connectivity index (χ1) is 12.8. The molecule has 2 fully saturated rings. The molecule has 5 heteroatoms. The van der Waals surface area contributed by atoms with Crippen molar-refractivity contribution in [3.8, 4) is 5.75 Å². The van der Waals surface area contributed by atoms with Crippen molar-refractivity contribution in [2.75, 3.05) is 20.2 Å². The van der Waals surface area contributed by atoms with Crippen LogP contribution in [-0.2, 0) is 9.59 Å². The average molecular weight is 373 g/mol. The van der Waals surface area contributed by atoms with Crippen molar-refractivity contribution in [2.45, 2.75) is 52.5 Å². The number of carbonyl (C=O) groups excluding carboxylic acids is 2. The number of benzene rings is 1. The standard InChI is InChI=1S/C22H32N2O3/c1-22(2,3)21(26)24-13-11-17(12-14-24)20(25)23-19(15-5-6-15)16-7-9-18(27-4)10-8-16/h7-10,15,17,19H,5-6,11-14H2,1-4H3,(H,23,25). The van der Waals surface area contributed by atoms with E-state index in [-0.39, 0.29) is 29.2 Å². The topological polar surface area (TPSA) is 58.6 Å². The molecule has 0 spiro atoms. The molecule has 0 bridgehead atoms. The molecule has 1 aliphatic carbocycles. The van der Waals surface area contributed by atoms with Crippen LogP contribution >= 0.6 is 0 Å². The first kappa shape index (κ1) is 19.7. The molecule has 0 aromatic heterocycles. The van der Waals surface area contributed by atoms with E-state index in [1.54, 1.807) is 7.11 Å². The molecule has 1 heterocycles.